The van der Waals surface area contributed by atoms with Crippen molar-refractivity contribution in [1.29, 1.82) is 0 Å². The van der Waals surface area contributed by atoms with Gasteiger partial charge in [-0.1, -0.05) is 24.3 Å². The zero-order chi connectivity index (χ0) is 11.5. The minimum atomic E-state index is 0.621. The summed E-state index contributed by atoms with van der Waals surface area (Å²) in [7, 11) is 0. The predicted octanol–water partition coefficient (Wildman–Crippen LogP) is 3.19. The van der Waals surface area contributed by atoms with Crippen molar-refractivity contribution in [2.24, 2.45) is 11.8 Å². The second-order valence-corrected chi connectivity index (χ2v) is 6.64. The normalized spacial score (nSPS) is 41.9. The largest absolute Gasteiger partial charge is 0.243 e. The van der Waals surface area contributed by atoms with Crippen molar-refractivity contribution in [3.05, 3.63) is 24.3 Å². The molecule has 3 aliphatic rings. The van der Waals surface area contributed by atoms with Gasteiger partial charge in [0, 0.05) is 0 Å². The summed E-state index contributed by atoms with van der Waals surface area (Å²) in [6, 6.07) is 0. The molecule has 0 aromatic carbocycles. The minimum absolute atomic E-state index is 0.621. The standard InChI is InChI=1S/C14H22N2S/c1-3-7-11(8-4-1)13-15-16-14(17-13)12-9-5-2-6-10-12/h1-3,5,11-16H,4,6-10H2. The fourth-order valence-corrected chi connectivity index (χ4v) is 4.56. The monoisotopic (exact) mass is 250 g/mol. The highest BCUT2D eigenvalue weighted by Crippen LogP contribution is 2.37. The van der Waals surface area contributed by atoms with Crippen LogP contribution in [0.25, 0.3) is 0 Å². The molecule has 2 aliphatic carbocycles. The summed E-state index contributed by atoms with van der Waals surface area (Å²) in [6.45, 7) is 0. The van der Waals surface area contributed by atoms with E-state index < -0.39 is 0 Å². The van der Waals surface area contributed by atoms with Gasteiger partial charge in [0.15, 0.2) is 0 Å². The highest BCUT2D eigenvalue weighted by Gasteiger charge is 2.34. The second-order valence-electron chi connectivity index (χ2n) is 5.36. The summed E-state index contributed by atoms with van der Waals surface area (Å²) < 4.78 is 0. The van der Waals surface area contributed by atoms with Gasteiger partial charge in [0.2, 0.25) is 0 Å². The predicted molar refractivity (Wildman–Crippen MR) is 74.4 cm³/mol. The number of hydrogen-bond donors (Lipinski definition) is 2. The lowest BCUT2D eigenvalue weighted by molar-refractivity contribution is 0.357. The molecule has 4 atom stereocenters. The highest BCUT2D eigenvalue weighted by molar-refractivity contribution is 8.00. The van der Waals surface area contributed by atoms with Crippen molar-refractivity contribution in [3.8, 4) is 0 Å². The Kier molecular flexibility index (Phi) is 3.89. The topological polar surface area (TPSA) is 24.1 Å². The molecule has 0 aromatic heterocycles. The maximum Gasteiger partial charge on any atom is 0.0713 e. The molecular weight excluding hydrogens is 228 g/mol. The van der Waals surface area contributed by atoms with Crippen LogP contribution < -0.4 is 10.9 Å². The van der Waals surface area contributed by atoms with Gasteiger partial charge in [0.1, 0.15) is 0 Å². The number of hydrogen-bond acceptors (Lipinski definition) is 3. The Morgan fingerprint density at radius 3 is 1.71 bits per heavy atom. The highest BCUT2D eigenvalue weighted by atomic mass is 32.2. The molecule has 94 valence electrons. The molecule has 0 aromatic rings. The number of nitrogens with one attached hydrogen (secondary N) is 2. The lowest BCUT2D eigenvalue weighted by Crippen LogP contribution is -2.39. The third-order valence-corrected chi connectivity index (χ3v) is 5.73. The van der Waals surface area contributed by atoms with E-state index in [1.807, 2.05) is 0 Å². The Labute approximate surface area is 108 Å². The van der Waals surface area contributed by atoms with Gasteiger partial charge in [-0.25, -0.2) is 10.9 Å². The summed E-state index contributed by atoms with van der Waals surface area (Å²) in [4.78, 5) is 0. The first kappa shape index (κ1) is 11.8. The molecule has 1 heterocycles. The van der Waals surface area contributed by atoms with E-state index in [1.165, 1.54) is 38.5 Å². The van der Waals surface area contributed by atoms with Gasteiger partial charge in [-0.05, 0) is 50.4 Å². The quantitative estimate of drug-likeness (QED) is 0.736. The van der Waals surface area contributed by atoms with Gasteiger partial charge >= 0.3 is 0 Å². The summed E-state index contributed by atoms with van der Waals surface area (Å²) in [6.07, 6.45) is 17.1. The molecule has 0 spiro atoms. The Balaban J connectivity index is 1.54. The summed E-state index contributed by atoms with van der Waals surface area (Å²) in [5, 5.41) is 1.24. The lowest BCUT2D eigenvalue weighted by Gasteiger charge is -2.25. The molecule has 0 amide bonds. The fourth-order valence-electron chi connectivity index (χ4n) is 3.03. The van der Waals surface area contributed by atoms with Crippen LogP contribution in [0.2, 0.25) is 0 Å². The molecule has 2 nitrogen and oxygen atoms in total. The van der Waals surface area contributed by atoms with E-state index in [1.54, 1.807) is 0 Å². The number of hydrazine groups is 1. The number of thioether (sulfide) groups is 1. The van der Waals surface area contributed by atoms with Crippen molar-refractivity contribution in [1.82, 2.24) is 10.9 Å². The molecule has 1 saturated heterocycles. The Bertz CT molecular complexity index is 283. The summed E-state index contributed by atoms with van der Waals surface area (Å²) in [5.41, 5.74) is 7.06. The fraction of sp³-hybridized carbons (Fsp3) is 0.714. The third kappa shape index (κ3) is 2.78. The molecule has 3 rings (SSSR count). The van der Waals surface area contributed by atoms with Crippen LogP contribution in [-0.2, 0) is 0 Å². The smallest absolute Gasteiger partial charge is 0.0713 e. The summed E-state index contributed by atoms with van der Waals surface area (Å²) in [5.74, 6) is 1.64. The zero-order valence-corrected chi connectivity index (χ0v) is 11.1. The van der Waals surface area contributed by atoms with Gasteiger partial charge in [0.05, 0.1) is 10.7 Å². The molecule has 0 bridgehead atoms. The first-order chi connectivity index (χ1) is 8.43. The minimum Gasteiger partial charge on any atom is -0.243 e. The van der Waals surface area contributed by atoms with Crippen molar-refractivity contribution >= 4 is 11.8 Å². The van der Waals surface area contributed by atoms with Crippen molar-refractivity contribution in [3.63, 3.8) is 0 Å². The first-order valence-corrected chi connectivity index (χ1v) is 7.84. The van der Waals surface area contributed by atoms with Crippen LogP contribution in [0.1, 0.15) is 38.5 Å². The molecule has 3 heteroatoms. The van der Waals surface area contributed by atoms with Crippen LogP contribution in [0.4, 0.5) is 0 Å². The summed E-state index contributed by atoms with van der Waals surface area (Å²) >= 11 is 2.13. The van der Waals surface area contributed by atoms with E-state index in [4.69, 9.17) is 0 Å². The molecular formula is C14H22N2S. The van der Waals surface area contributed by atoms with Crippen LogP contribution in [-0.4, -0.2) is 10.7 Å². The van der Waals surface area contributed by atoms with Crippen LogP contribution in [0.3, 0.4) is 0 Å². The van der Waals surface area contributed by atoms with Gasteiger partial charge in [0.25, 0.3) is 0 Å². The number of allylic oxidation sites excluding steroid dienone is 4. The Morgan fingerprint density at radius 1 is 0.765 bits per heavy atom. The van der Waals surface area contributed by atoms with Crippen LogP contribution in [0.15, 0.2) is 24.3 Å². The van der Waals surface area contributed by atoms with Gasteiger partial charge in [-0.2, -0.15) is 0 Å². The Hall–Kier alpha value is -0.250. The van der Waals surface area contributed by atoms with E-state index >= 15 is 0 Å². The lowest BCUT2D eigenvalue weighted by atomic mass is 9.94. The van der Waals surface area contributed by atoms with Crippen molar-refractivity contribution in [2.45, 2.75) is 49.3 Å². The Morgan fingerprint density at radius 2 is 1.29 bits per heavy atom. The SMILES string of the molecule is C1=CCC(C2NNC(C3CC=CCC3)S2)CC1. The van der Waals surface area contributed by atoms with Gasteiger partial charge in [-0.3, -0.25) is 0 Å². The van der Waals surface area contributed by atoms with E-state index in [9.17, 15) is 0 Å². The van der Waals surface area contributed by atoms with E-state index in [0.717, 1.165) is 11.8 Å². The third-order valence-electron chi connectivity index (χ3n) is 4.14. The average molecular weight is 250 g/mol. The van der Waals surface area contributed by atoms with Gasteiger partial charge < -0.3 is 0 Å². The van der Waals surface area contributed by atoms with E-state index in [-0.39, 0.29) is 0 Å². The van der Waals surface area contributed by atoms with Gasteiger partial charge in [-0.15, -0.1) is 11.8 Å². The molecule has 2 N–H and O–H groups in total. The second kappa shape index (κ2) is 5.59. The van der Waals surface area contributed by atoms with E-state index in [0.29, 0.717) is 10.7 Å². The number of rotatable bonds is 2. The first-order valence-electron chi connectivity index (χ1n) is 6.90. The molecule has 0 saturated carbocycles. The van der Waals surface area contributed by atoms with E-state index in [2.05, 4.69) is 46.9 Å². The zero-order valence-electron chi connectivity index (χ0n) is 10.3. The molecule has 1 aliphatic heterocycles. The maximum atomic E-state index is 3.53. The van der Waals surface area contributed by atoms with Crippen LogP contribution >= 0.6 is 11.8 Å². The molecule has 4 unspecified atom stereocenters. The molecule has 1 fully saturated rings. The molecule has 0 radical (unpaired) electrons. The maximum absolute atomic E-state index is 3.53. The average Bonchev–Trinajstić information content (AvgIpc) is 2.90. The molecule has 17 heavy (non-hydrogen) atoms. The van der Waals surface area contributed by atoms with Crippen LogP contribution in [0.5, 0.6) is 0 Å². The van der Waals surface area contributed by atoms with Crippen molar-refractivity contribution in [2.75, 3.05) is 0 Å². The van der Waals surface area contributed by atoms with Crippen molar-refractivity contribution < 1.29 is 0 Å². The van der Waals surface area contributed by atoms with Crippen LogP contribution in [0, 0.1) is 11.8 Å².